The first-order valence-corrected chi connectivity index (χ1v) is 12.0. The van der Waals surface area contributed by atoms with E-state index < -0.39 is 11.7 Å². The molecular formula is C27H27F3N4O4. The number of aliphatic hydroxyl groups excluding tert-OH is 2. The van der Waals surface area contributed by atoms with Gasteiger partial charge in [-0.3, -0.25) is 0 Å². The number of ether oxygens (including phenoxy) is 1. The molecule has 2 aromatic heterocycles. The van der Waals surface area contributed by atoms with E-state index in [-0.39, 0.29) is 19.8 Å². The summed E-state index contributed by atoms with van der Waals surface area (Å²) in [7, 11) is 0. The van der Waals surface area contributed by atoms with Crippen LogP contribution in [0.1, 0.15) is 52.5 Å². The lowest BCUT2D eigenvalue weighted by Gasteiger charge is -2.07. The third-order valence-corrected chi connectivity index (χ3v) is 5.84. The molecule has 0 amide bonds. The van der Waals surface area contributed by atoms with Crippen molar-refractivity contribution in [3.63, 3.8) is 0 Å². The summed E-state index contributed by atoms with van der Waals surface area (Å²) in [6, 6.07) is 12.6. The number of hydrogen-bond donors (Lipinski definition) is 2. The van der Waals surface area contributed by atoms with E-state index in [2.05, 4.69) is 15.3 Å². The molecule has 38 heavy (non-hydrogen) atoms. The van der Waals surface area contributed by atoms with Crippen molar-refractivity contribution in [2.75, 3.05) is 0 Å². The minimum atomic E-state index is -4.36. The molecule has 0 aliphatic rings. The van der Waals surface area contributed by atoms with E-state index in [0.717, 1.165) is 37.0 Å². The Labute approximate surface area is 217 Å². The predicted octanol–water partition coefficient (Wildman–Crippen LogP) is 5.04. The minimum Gasteiger partial charge on any atom is -0.487 e. The van der Waals surface area contributed by atoms with E-state index >= 15 is 0 Å². The first-order chi connectivity index (χ1) is 18.4. The van der Waals surface area contributed by atoms with Gasteiger partial charge < -0.3 is 19.4 Å². The van der Waals surface area contributed by atoms with Gasteiger partial charge in [0.2, 0.25) is 5.89 Å². The molecule has 8 nitrogen and oxygen atoms in total. The van der Waals surface area contributed by atoms with Crippen LogP contribution >= 0.6 is 0 Å². The molecule has 0 spiro atoms. The van der Waals surface area contributed by atoms with Gasteiger partial charge in [0.15, 0.2) is 0 Å². The standard InChI is InChI=1S/C27H27F3N4O4/c28-27(29,30)21-9-4-20(5-10-21)8-13-26-31-22(18-38-26)17-37-23-11-6-19(7-12-23)3-1-2-14-34-25(16-36)24(15-35)32-33-34/h4-13,18,35-36H,1-3,14-17H2/b13-8+. The molecule has 2 N–H and O–H groups in total. The number of alkyl halides is 3. The Balaban J connectivity index is 1.20. The highest BCUT2D eigenvalue weighted by Gasteiger charge is 2.29. The molecule has 11 heteroatoms. The Bertz CT molecular complexity index is 1330. The molecule has 2 aromatic carbocycles. The Morgan fingerprint density at radius 1 is 0.947 bits per heavy atom. The van der Waals surface area contributed by atoms with E-state index in [4.69, 9.17) is 9.15 Å². The summed E-state index contributed by atoms with van der Waals surface area (Å²) in [5.74, 6) is 1.01. The lowest BCUT2D eigenvalue weighted by molar-refractivity contribution is -0.137. The molecule has 0 radical (unpaired) electrons. The van der Waals surface area contributed by atoms with Crippen LogP contribution in [0.15, 0.2) is 59.2 Å². The van der Waals surface area contributed by atoms with Crippen molar-refractivity contribution in [3.05, 3.63) is 94.5 Å². The second kappa shape index (κ2) is 12.5. The van der Waals surface area contributed by atoms with Crippen molar-refractivity contribution in [2.45, 2.75) is 51.8 Å². The molecule has 0 unspecified atom stereocenters. The van der Waals surface area contributed by atoms with Crippen LogP contribution in [0.3, 0.4) is 0 Å². The third kappa shape index (κ3) is 7.30. The number of halogens is 3. The van der Waals surface area contributed by atoms with E-state index in [1.165, 1.54) is 18.4 Å². The van der Waals surface area contributed by atoms with Gasteiger partial charge in [0.1, 0.15) is 30.0 Å². The fourth-order valence-corrected chi connectivity index (χ4v) is 3.76. The average molecular weight is 529 g/mol. The number of oxazole rings is 1. The maximum absolute atomic E-state index is 12.7. The van der Waals surface area contributed by atoms with Crippen LogP contribution in [0.2, 0.25) is 0 Å². The van der Waals surface area contributed by atoms with E-state index in [0.29, 0.717) is 40.8 Å². The van der Waals surface area contributed by atoms with Crippen molar-refractivity contribution in [1.29, 1.82) is 0 Å². The van der Waals surface area contributed by atoms with Crippen molar-refractivity contribution in [3.8, 4) is 5.75 Å². The van der Waals surface area contributed by atoms with Crippen LogP contribution in [-0.2, 0) is 39.0 Å². The van der Waals surface area contributed by atoms with Crippen LogP contribution in [0, 0.1) is 0 Å². The number of unbranched alkanes of at least 4 members (excludes halogenated alkanes) is 1. The molecule has 200 valence electrons. The summed E-state index contributed by atoms with van der Waals surface area (Å²) < 4.78 is 50.8. The zero-order valence-electron chi connectivity index (χ0n) is 20.4. The number of benzene rings is 2. The Morgan fingerprint density at radius 3 is 2.39 bits per heavy atom. The van der Waals surface area contributed by atoms with Crippen molar-refractivity contribution in [1.82, 2.24) is 20.0 Å². The van der Waals surface area contributed by atoms with Gasteiger partial charge in [0, 0.05) is 12.6 Å². The summed E-state index contributed by atoms with van der Waals surface area (Å²) in [4.78, 5) is 4.31. The molecule has 2 heterocycles. The Hall–Kier alpha value is -3.96. The van der Waals surface area contributed by atoms with Gasteiger partial charge in [0.05, 0.1) is 24.5 Å². The zero-order chi connectivity index (χ0) is 27.0. The van der Waals surface area contributed by atoms with Crippen molar-refractivity contribution >= 4 is 12.2 Å². The Kier molecular flexibility index (Phi) is 8.93. The van der Waals surface area contributed by atoms with Gasteiger partial charge in [0.25, 0.3) is 0 Å². The maximum Gasteiger partial charge on any atom is 0.416 e. The quantitative estimate of drug-likeness (QED) is 0.248. The van der Waals surface area contributed by atoms with Crippen LogP contribution in [0.25, 0.3) is 12.2 Å². The second-order valence-corrected chi connectivity index (χ2v) is 8.54. The molecule has 0 aliphatic carbocycles. The zero-order valence-corrected chi connectivity index (χ0v) is 20.4. The van der Waals surface area contributed by atoms with Gasteiger partial charge in [-0.2, -0.15) is 13.2 Å². The molecule has 4 rings (SSSR count). The van der Waals surface area contributed by atoms with Gasteiger partial charge in [-0.15, -0.1) is 5.10 Å². The number of aryl methyl sites for hydroxylation is 2. The van der Waals surface area contributed by atoms with Crippen LogP contribution < -0.4 is 4.74 Å². The monoisotopic (exact) mass is 528 g/mol. The van der Waals surface area contributed by atoms with E-state index in [1.54, 1.807) is 16.8 Å². The lowest BCUT2D eigenvalue weighted by Crippen LogP contribution is -2.07. The normalized spacial score (nSPS) is 11.9. The van der Waals surface area contributed by atoms with Gasteiger partial charge in [-0.05, 0) is 60.7 Å². The SMILES string of the molecule is OCc1nnn(CCCCc2ccc(OCc3coc(/C=C/c4ccc(C(F)(F)F)cc4)n3)cc2)c1CO. The highest BCUT2D eigenvalue weighted by Crippen LogP contribution is 2.29. The lowest BCUT2D eigenvalue weighted by atomic mass is 10.1. The number of aromatic nitrogens is 4. The van der Waals surface area contributed by atoms with Crippen LogP contribution in [-0.4, -0.2) is 30.2 Å². The first kappa shape index (κ1) is 27.1. The van der Waals surface area contributed by atoms with Crippen LogP contribution in [0.4, 0.5) is 13.2 Å². The summed E-state index contributed by atoms with van der Waals surface area (Å²) in [5.41, 5.74) is 2.59. The van der Waals surface area contributed by atoms with Gasteiger partial charge in [-0.25, -0.2) is 9.67 Å². The topological polar surface area (TPSA) is 106 Å². The summed E-state index contributed by atoms with van der Waals surface area (Å²) in [5, 5.41) is 26.5. The molecule has 4 aromatic rings. The summed E-state index contributed by atoms with van der Waals surface area (Å²) in [6.45, 7) is 0.367. The highest BCUT2D eigenvalue weighted by atomic mass is 19.4. The van der Waals surface area contributed by atoms with Crippen LogP contribution in [0.5, 0.6) is 5.75 Å². The molecule has 0 saturated carbocycles. The van der Waals surface area contributed by atoms with Crippen molar-refractivity contribution < 1.29 is 32.5 Å². The Morgan fingerprint density at radius 2 is 1.71 bits per heavy atom. The summed E-state index contributed by atoms with van der Waals surface area (Å²) in [6.07, 6.45) is 2.95. The number of aliphatic hydroxyl groups is 2. The predicted molar refractivity (Wildman–Crippen MR) is 132 cm³/mol. The largest absolute Gasteiger partial charge is 0.487 e. The molecule has 0 bridgehead atoms. The van der Waals surface area contributed by atoms with Gasteiger partial charge >= 0.3 is 6.18 Å². The smallest absolute Gasteiger partial charge is 0.416 e. The molecular weight excluding hydrogens is 501 g/mol. The van der Waals surface area contributed by atoms with Crippen molar-refractivity contribution in [2.24, 2.45) is 0 Å². The van der Waals surface area contributed by atoms with E-state index in [1.807, 2.05) is 24.3 Å². The number of nitrogens with zero attached hydrogens (tertiary/aromatic N) is 4. The first-order valence-electron chi connectivity index (χ1n) is 12.0. The average Bonchev–Trinajstić information content (AvgIpc) is 3.55. The number of rotatable bonds is 12. The third-order valence-electron chi connectivity index (χ3n) is 5.84. The van der Waals surface area contributed by atoms with E-state index in [9.17, 15) is 23.4 Å². The molecule has 0 atom stereocenters. The fraction of sp³-hybridized carbons (Fsp3) is 0.296. The van der Waals surface area contributed by atoms with Gasteiger partial charge in [-0.1, -0.05) is 29.5 Å². The maximum atomic E-state index is 12.7. The number of hydrogen-bond acceptors (Lipinski definition) is 7. The summed E-state index contributed by atoms with van der Waals surface area (Å²) >= 11 is 0. The highest BCUT2D eigenvalue weighted by molar-refractivity contribution is 5.66. The molecule has 0 saturated heterocycles. The molecule has 0 aliphatic heterocycles. The minimum absolute atomic E-state index is 0.206. The molecule has 0 fully saturated rings. The fourth-order valence-electron chi connectivity index (χ4n) is 3.76. The second-order valence-electron chi connectivity index (χ2n) is 8.54.